The van der Waals surface area contributed by atoms with Crippen LogP contribution in [0.1, 0.15) is 78.1 Å². The highest BCUT2D eigenvalue weighted by atomic mass is 32.2. The Morgan fingerprint density at radius 2 is 1.72 bits per heavy atom. The second kappa shape index (κ2) is 17.9. The first kappa shape index (κ1) is 45.4. The molecule has 6 fully saturated rings. The third kappa shape index (κ3) is 9.17. The minimum Gasteiger partial charge on any atom is -0.497 e. The molecule has 3 aliphatic heterocycles. The molecule has 0 bridgehead atoms. The molecule has 4 aliphatic carbocycles. The first-order chi connectivity index (χ1) is 32.2. The van der Waals surface area contributed by atoms with E-state index in [2.05, 4.69) is 34.0 Å². The van der Waals surface area contributed by atoms with Gasteiger partial charge in [-0.25, -0.2) is 18.2 Å². The number of carboxylic acid groups (broad SMARTS) is 1. The van der Waals surface area contributed by atoms with E-state index in [9.17, 15) is 27.9 Å². The molecular formula is C50H62N6O10S. The molecule has 2 aromatic carbocycles. The van der Waals surface area contributed by atoms with Crippen LogP contribution in [0, 0.1) is 29.6 Å². The van der Waals surface area contributed by atoms with Crippen LogP contribution in [0.4, 0.5) is 10.5 Å². The van der Waals surface area contributed by atoms with Crippen LogP contribution in [0.5, 0.6) is 11.6 Å². The predicted molar refractivity (Wildman–Crippen MR) is 250 cm³/mol. The average Bonchev–Trinajstić information content (AvgIpc) is 4.28. The molecule has 3 N–H and O–H groups in total. The average molecular weight is 939 g/mol. The molecule has 16 nitrogen and oxygen atoms in total. The predicted octanol–water partition coefficient (Wildman–Crippen LogP) is 5.74. The number of morpholine rings is 1. The van der Waals surface area contributed by atoms with Crippen LogP contribution in [0.3, 0.4) is 0 Å². The number of fused-ring (bicyclic) bond motifs is 4. The van der Waals surface area contributed by atoms with Crippen LogP contribution in [-0.2, 0) is 29.1 Å². The van der Waals surface area contributed by atoms with E-state index in [1.807, 2.05) is 55.5 Å². The zero-order valence-corrected chi connectivity index (χ0v) is 39.3. The van der Waals surface area contributed by atoms with Gasteiger partial charge in [-0.15, -0.1) is 0 Å². The summed E-state index contributed by atoms with van der Waals surface area (Å²) in [7, 11) is -2.34. The third-order valence-corrected chi connectivity index (χ3v) is 17.3. The smallest absolute Gasteiger partial charge is 0.408 e. The number of nitrogens with one attached hydrogen (secondary N) is 2. The molecule has 10 rings (SSSR count). The molecule has 2 saturated heterocycles. The van der Waals surface area contributed by atoms with Crippen LogP contribution in [-0.4, -0.2) is 127 Å². The molecule has 1 aromatic heterocycles. The van der Waals surface area contributed by atoms with Crippen molar-refractivity contribution in [2.75, 3.05) is 44.9 Å². The van der Waals surface area contributed by atoms with E-state index in [4.69, 9.17) is 19.2 Å². The number of pyridine rings is 1. The molecule has 0 spiro atoms. The van der Waals surface area contributed by atoms with E-state index in [0.717, 1.165) is 42.6 Å². The van der Waals surface area contributed by atoms with Gasteiger partial charge < -0.3 is 34.4 Å². The van der Waals surface area contributed by atoms with Crippen molar-refractivity contribution in [2.45, 2.75) is 113 Å². The normalized spacial score (nSPS) is 32.4. The number of allylic oxidation sites excluding steroid dienone is 1. The van der Waals surface area contributed by atoms with Gasteiger partial charge in [0, 0.05) is 48.1 Å². The second-order valence-electron chi connectivity index (χ2n) is 20.3. The van der Waals surface area contributed by atoms with E-state index in [-0.39, 0.29) is 37.2 Å². The van der Waals surface area contributed by atoms with Crippen LogP contribution >= 0.6 is 0 Å². The molecule has 10 atom stereocenters. The molecule has 7 aliphatic rings. The summed E-state index contributed by atoms with van der Waals surface area (Å²) in [6.07, 6.45) is 7.49. The number of nitrogens with zero attached hydrogens (tertiary/aromatic N) is 4. The van der Waals surface area contributed by atoms with Gasteiger partial charge in [0.15, 0.2) is 0 Å². The fourth-order valence-corrected chi connectivity index (χ4v) is 12.8. The number of carbonyl (C=O) groups is 4. The molecule has 4 saturated carbocycles. The molecular weight excluding hydrogens is 877 g/mol. The molecule has 358 valence electrons. The van der Waals surface area contributed by atoms with E-state index >= 15 is 4.79 Å². The Morgan fingerprint density at radius 3 is 2.42 bits per heavy atom. The van der Waals surface area contributed by atoms with Crippen molar-refractivity contribution in [3.8, 4) is 22.9 Å². The number of rotatable bonds is 10. The van der Waals surface area contributed by atoms with Crippen LogP contribution in [0.25, 0.3) is 22.0 Å². The Balaban J connectivity index is 1.01. The van der Waals surface area contributed by atoms with Crippen LogP contribution in [0.2, 0.25) is 0 Å². The van der Waals surface area contributed by atoms with Crippen molar-refractivity contribution in [3.05, 3.63) is 60.7 Å². The molecule has 1 unspecified atom stereocenters. The topological polar surface area (TPSA) is 197 Å². The van der Waals surface area contributed by atoms with Crippen molar-refractivity contribution in [1.82, 2.24) is 24.8 Å². The minimum absolute atomic E-state index is 0.00606. The number of hydrogen-bond donors (Lipinski definition) is 3. The quantitative estimate of drug-likeness (QED) is 0.209. The number of amides is 4. The molecule has 67 heavy (non-hydrogen) atoms. The lowest BCUT2D eigenvalue weighted by Gasteiger charge is -2.40. The number of carbonyl (C=O) groups excluding carboxylic acids is 3. The minimum atomic E-state index is -3.94. The summed E-state index contributed by atoms with van der Waals surface area (Å²) in [4.78, 5) is 68.2. The van der Waals surface area contributed by atoms with Crippen molar-refractivity contribution in [2.24, 2.45) is 29.6 Å². The maximum atomic E-state index is 15.5. The van der Waals surface area contributed by atoms with Crippen molar-refractivity contribution < 1.29 is 46.9 Å². The highest BCUT2D eigenvalue weighted by molar-refractivity contribution is 7.91. The van der Waals surface area contributed by atoms with Gasteiger partial charge in [-0.3, -0.25) is 24.0 Å². The lowest BCUT2D eigenvalue weighted by atomic mass is 9.86. The van der Waals surface area contributed by atoms with Gasteiger partial charge in [-0.1, -0.05) is 38.1 Å². The second-order valence-corrected chi connectivity index (χ2v) is 22.3. The lowest BCUT2D eigenvalue weighted by Crippen LogP contribution is -2.61. The van der Waals surface area contributed by atoms with Gasteiger partial charge in [0.25, 0.3) is 5.91 Å². The van der Waals surface area contributed by atoms with Crippen molar-refractivity contribution in [1.29, 1.82) is 0 Å². The Kier molecular flexibility index (Phi) is 12.1. The zero-order valence-electron chi connectivity index (χ0n) is 38.5. The molecule has 0 radical (unpaired) electrons. The Labute approximate surface area is 391 Å². The highest BCUT2D eigenvalue weighted by Crippen LogP contribution is 2.54. The fraction of sp³-hybridized carbons (Fsp3) is 0.580. The summed E-state index contributed by atoms with van der Waals surface area (Å²) < 4.78 is 46.5. The van der Waals surface area contributed by atoms with Gasteiger partial charge in [0.2, 0.25) is 27.7 Å². The van der Waals surface area contributed by atoms with Gasteiger partial charge in [-0.05, 0) is 123 Å². The molecule has 4 amide bonds. The standard InChI is InChI=1S/C50H62N6O10S/c1-29-6-4-5-7-35-27-50(35,48(59)53-67(62,63)40-13-14-40)52-45(57)43-26-39(28-55(43)47(58)44(30(2)20-29)56(49(60)61)37-22-32-21-33(32)23-37)66-46-41-15-12-38(64-3)24-34(41)25-42(51-46)31-8-10-36(11-9-31)54-16-18-65-19-17-54/h5,7-12,15,24-25,29-30,32-33,35,37,39-40,43-44H,4,6,13-14,16-23,26-28H2,1-3H3,(H,52,57)(H,53,59)(H,60,61)/b7-5-/t29-,30-,32+,33?,35-,37-,39-,43+,44+,50-/m1/s1. The van der Waals surface area contributed by atoms with Crippen molar-refractivity contribution in [3.63, 3.8) is 0 Å². The zero-order chi connectivity index (χ0) is 46.8. The number of anilines is 1. The van der Waals surface area contributed by atoms with Gasteiger partial charge >= 0.3 is 6.09 Å². The Hall–Kier alpha value is -5.42. The first-order valence-corrected chi connectivity index (χ1v) is 25.7. The number of methoxy groups -OCH3 is 1. The van der Waals surface area contributed by atoms with E-state index in [1.165, 1.54) is 9.80 Å². The van der Waals surface area contributed by atoms with E-state index in [0.29, 0.717) is 80.4 Å². The molecule has 3 aromatic rings. The van der Waals surface area contributed by atoms with Crippen LogP contribution < -0.4 is 24.4 Å². The van der Waals surface area contributed by atoms with E-state index < -0.39 is 74.7 Å². The Morgan fingerprint density at radius 1 is 0.970 bits per heavy atom. The van der Waals surface area contributed by atoms with Gasteiger partial charge in [-0.2, -0.15) is 0 Å². The van der Waals surface area contributed by atoms with Gasteiger partial charge in [0.05, 0.1) is 37.8 Å². The molecule has 4 heterocycles. The number of hydrogen-bond acceptors (Lipinski definition) is 11. The summed E-state index contributed by atoms with van der Waals surface area (Å²) in [5.41, 5.74) is 1.02. The fourth-order valence-electron chi connectivity index (χ4n) is 11.5. The van der Waals surface area contributed by atoms with Crippen LogP contribution in [0.15, 0.2) is 60.7 Å². The maximum absolute atomic E-state index is 15.5. The summed E-state index contributed by atoms with van der Waals surface area (Å²) in [6.45, 7) is 6.91. The number of sulfonamides is 1. The summed E-state index contributed by atoms with van der Waals surface area (Å²) in [6, 6.07) is 13.1. The van der Waals surface area contributed by atoms with Gasteiger partial charge in [0.1, 0.15) is 29.5 Å². The third-order valence-electron chi connectivity index (χ3n) is 15.5. The number of ether oxygens (including phenoxy) is 3. The first-order valence-electron chi connectivity index (χ1n) is 24.2. The highest BCUT2D eigenvalue weighted by Gasteiger charge is 2.62. The summed E-state index contributed by atoms with van der Waals surface area (Å²) in [5.74, 6) is -0.826. The molecule has 17 heteroatoms. The Bertz CT molecular complexity index is 2550. The largest absolute Gasteiger partial charge is 0.497 e. The summed E-state index contributed by atoms with van der Waals surface area (Å²) >= 11 is 0. The number of aromatic nitrogens is 1. The summed E-state index contributed by atoms with van der Waals surface area (Å²) in [5, 5.41) is 14.8. The monoisotopic (exact) mass is 938 g/mol. The number of benzene rings is 2. The van der Waals surface area contributed by atoms with Crippen molar-refractivity contribution >= 4 is 50.3 Å². The lowest BCUT2D eigenvalue weighted by molar-refractivity contribution is -0.145. The maximum Gasteiger partial charge on any atom is 0.408 e. The SMILES string of the molecule is COc1ccc2c(O[C@@H]3C[C@H]4C(=O)N[C@]5(C(=O)NS(=O)(=O)C6CC6)C[C@H]5/C=C\CC[C@@H](C)C[C@@H](C)[C@H](N(C(=O)O)[C@H]5CC6C[C@H]6C5)C(=O)N4C3)nc(-c3ccc(N4CCOCC4)cc3)cc2c1. The van der Waals surface area contributed by atoms with E-state index in [1.54, 1.807) is 7.11 Å².